The Bertz CT molecular complexity index is 1320. The third-order valence-electron chi connectivity index (χ3n) is 13.2. The highest BCUT2D eigenvalue weighted by molar-refractivity contribution is 5.71. The second-order valence-electron chi connectivity index (χ2n) is 20.2. The van der Waals surface area contributed by atoms with Crippen LogP contribution in [0, 0.1) is 0 Å². The molecule has 0 aromatic carbocycles. The molecule has 0 radical (unpaired) electrons. The van der Waals surface area contributed by atoms with Gasteiger partial charge in [-0.25, -0.2) is 0 Å². The molecule has 0 rings (SSSR count). The summed E-state index contributed by atoms with van der Waals surface area (Å²) in [5.74, 6) is -0.908. The molecule has 0 fully saturated rings. The maximum Gasteiger partial charge on any atom is 0.306 e. The molecule has 410 valence electrons. The molecule has 0 N–H and O–H groups in total. The van der Waals surface area contributed by atoms with Gasteiger partial charge in [-0.1, -0.05) is 241 Å². The fourth-order valence-electron chi connectivity index (χ4n) is 8.53. The molecule has 6 nitrogen and oxygen atoms in total. The van der Waals surface area contributed by atoms with Gasteiger partial charge in [0.05, 0.1) is 0 Å². The van der Waals surface area contributed by atoms with Gasteiger partial charge in [0, 0.05) is 19.3 Å². The molecule has 0 spiro atoms. The van der Waals surface area contributed by atoms with Crippen LogP contribution < -0.4 is 0 Å². The molecular weight excluding hydrogens is 877 g/mol. The minimum Gasteiger partial charge on any atom is -0.462 e. The summed E-state index contributed by atoms with van der Waals surface area (Å²) < 4.78 is 16.9. The lowest BCUT2D eigenvalue weighted by atomic mass is 10.1. The van der Waals surface area contributed by atoms with Crippen molar-refractivity contribution in [2.75, 3.05) is 13.2 Å². The van der Waals surface area contributed by atoms with Gasteiger partial charge in [-0.3, -0.25) is 14.4 Å². The zero-order valence-corrected chi connectivity index (χ0v) is 47.0. The minimum atomic E-state index is -0.792. The molecule has 0 amide bonds. The third kappa shape index (κ3) is 57.6. The highest BCUT2D eigenvalue weighted by Gasteiger charge is 2.19. The average molecular weight is 992 g/mol. The highest BCUT2D eigenvalue weighted by atomic mass is 16.6. The van der Waals surface area contributed by atoms with Crippen molar-refractivity contribution in [2.45, 2.75) is 309 Å². The van der Waals surface area contributed by atoms with E-state index < -0.39 is 6.10 Å². The second-order valence-corrected chi connectivity index (χ2v) is 20.2. The van der Waals surface area contributed by atoms with Crippen LogP contribution in [0.25, 0.3) is 0 Å². The zero-order valence-electron chi connectivity index (χ0n) is 47.0. The number of unbranched alkanes of at least 4 members (excludes halogenated alkanes) is 32. The molecule has 0 bridgehead atoms. The van der Waals surface area contributed by atoms with Gasteiger partial charge in [-0.05, 0) is 116 Å². The van der Waals surface area contributed by atoms with E-state index in [1.54, 1.807) is 0 Å². The lowest BCUT2D eigenvalue weighted by Crippen LogP contribution is -2.30. The summed E-state index contributed by atoms with van der Waals surface area (Å²) in [5.41, 5.74) is 0. The maximum absolute atomic E-state index is 12.9. The van der Waals surface area contributed by atoms with Crippen LogP contribution in [-0.4, -0.2) is 37.2 Å². The van der Waals surface area contributed by atoms with E-state index >= 15 is 0 Å². The van der Waals surface area contributed by atoms with Crippen LogP contribution in [0.5, 0.6) is 0 Å². The summed E-state index contributed by atoms with van der Waals surface area (Å²) in [6, 6.07) is 0. The Kier molecular flexibility index (Phi) is 56.8. The van der Waals surface area contributed by atoms with Crippen LogP contribution in [0.15, 0.2) is 72.9 Å². The molecule has 0 aromatic rings. The second kappa shape index (κ2) is 59.4. The summed E-state index contributed by atoms with van der Waals surface area (Å²) in [4.78, 5) is 38.3. The summed E-state index contributed by atoms with van der Waals surface area (Å²) in [6.07, 6.45) is 76.0. The number of esters is 3. The van der Waals surface area contributed by atoms with Crippen molar-refractivity contribution >= 4 is 17.9 Å². The standard InChI is InChI=1S/C65H114O6/c1-4-7-10-13-16-19-22-25-28-31-32-35-37-40-43-46-49-52-55-58-64(67)70-61-62(71-65(68)59-56-53-50-47-44-41-38-34-30-27-24-21-18-15-12-9-6-3)60-69-63(66)57-54-51-48-45-42-39-36-33-29-26-23-20-17-14-11-8-5-2/h17-18,20-21,25-30,38,41,62H,4-16,19,22-24,31-37,39-40,42-61H2,1-3H3/b20-17-,21-18-,28-25-,29-26-,30-27-,41-38-/t62-/m1/s1. The van der Waals surface area contributed by atoms with E-state index in [9.17, 15) is 14.4 Å². The van der Waals surface area contributed by atoms with Crippen molar-refractivity contribution in [1.82, 2.24) is 0 Å². The molecule has 6 heteroatoms. The van der Waals surface area contributed by atoms with E-state index in [1.807, 2.05) is 0 Å². The van der Waals surface area contributed by atoms with Gasteiger partial charge in [0.2, 0.25) is 0 Å². The van der Waals surface area contributed by atoms with Crippen molar-refractivity contribution in [1.29, 1.82) is 0 Å². The Labute approximate surface area is 440 Å². The van der Waals surface area contributed by atoms with Gasteiger partial charge in [0.15, 0.2) is 6.10 Å². The van der Waals surface area contributed by atoms with Crippen molar-refractivity contribution < 1.29 is 28.6 Å². The smallest absolute Gasteiger partial charge is 0.306 e. The lowest BCUT2D eigenvalue weighted by Gasteiger charge is -2.18. The van der Waals surface area contributed by atoms with Crippen molar-refractivity contribution in [2.24, 2.45) is 0 Å². The van der Waals surface area contributed by atoms with Gasteiger partial charge in [0.25, 0.3) is 0 Å². The zero-order chi connectivity index (χ0) is 51.4. The fourth-order valence-corrected chi connectivity index (χ4v) is 8.53. The number of hydrogen-bond donors (Lipinski definition) is 0. The van der Waals surface area contributed by atoms with Crippen LogP contribution in [0.4, 0.5) is 0 Å². The summed E-state index contributed by atoms with van der Waals surface area (Å²) in [6.45, 7) is 6.58. The Balaban J connectivity index is 4.42. The monoisotopic (exact) mass is 991 g/mol. The van der Waals surface area contributed by atoms with Crippen molar-refractivity contribution in [3.05, 3.63) is 72.9 Å². The van der Waals surface area contributed by atoms with Crippen LogP contribution in [-0.2, 0) is 28.6 Å². The molecule has 0 unspecified atom stereocenters. The molecule has 0 saturated heterocycles. The normalized spacial score (nSPS) is 12.5. The maximum atomic E-state index is 12.9. The number of carbonyl (C=O) groups is 3. The number of hydrogen-bond acceptors (Lipinski definition) is 6. The molecule has 0 aliphatic heterocycles. The van der Waals surface area contributed by atoms with E-state index in [0.29, 0.717) is 19.3 Å². The summed E-state index contributed by atoms with van der Waals surface area (Å²) >= 11 is 0. The minimum absolute atomic E-state index is 0.0873. The molecule has 1 atom stereocenters. The Morgan fingerprint density at radius 1 is 0.282 bits per heavy atom. The number of carbonyl (C=O) groups excluding carboxylic acids is 3. The van der Waals surface area contributed by atoms with Crippen molar-refractivity contribution in [3.8, 4) is 0 Å². The SMILES string of the molecule is CCCCC/C=C\C/C=C\C/C=C\CCCCCCC(=O)O[C@H](COC(=O)CCCCCCCCC/C=C\C/C=C\CCCCC)COC(=O)CCCCCCCCCCC/C=C\CCCCCCCC. The summed E-state index contributed by atoms with van der Waals surface area (Å²) in [7, 11) is 0. The molecule has 0 saturated carbocycles. The van der Waals surface area contributed by atoms with E-state index in [1.165, 1.54) is 167 Å². The van der Waals surface area contributed by atoms with E-state index in [0.717, 1.165) is 96.3 Å². The van der Waals surface area contributed by atoms with E-state index in [4.69, 9.17) is 14.2 Å². The molecule has 0 aliphatic rings. The van der Waals surface area contributed by atoms with Gasteiger partial charge >= 0.3 is 17.9 Å². The topological polar surface area (TPSA) is 78.9 Å². The largest absolute Gasteiger partial charge is 0.462 e. The molecule has 0 aliphatic carbocycles. The number of allylic oxidation sites excluding steroid dienone is 12. The molecule has 0 aromatic heterocycles. The first kappa shape index (κ1) is 67.8. The van der Waals surface area contributed by atoms with Crippen LogP contribution in [0.3, 0.4) is 0 Å². The Morgan fingerprint density at radius 3 is 0.831 bits per heavy atom. The quantitative estimate of drug-likeness (QED) is 0.0261. The Morgan fingerprint density at radius 2 is 0.507 bits per heavy atom. The molecular formula is C65H114O6. The van der Waals surface area contributed by atoms with Crippen LogP contribution in [0.1, 0.15) is 303 Å². The van der Waals surface area contributed by atoms with Gasteiger partial charge in [0.1, 0.15) is 13.2 Å². The molecule has 0 heterocycles. The summed E-state index contributed by atoms with van der Waals surface area (Å²) in [5, 5.41) is 0. The average Bonchev–Trinajstić information content (AvgIpc) is 3.37. The number of ether oxygens (including phenoxy) is 3. The number of rotatable bonds is 55. The molecule has 71 heavy (non-hydrogen) atoms. The van der Waals surface area contributed by atoms with E-state index in [-0.39, 0.29) is 31.1 Å². The predicted octanol–water partition coefficient (Wildman–Crippen LogP) is 20.5. The first-order valence-electron chi connectivity index (χ1n) is 30.4. The highest BCUT2D eigenvalue weighted by Crippen LogP contribution is 2.15. The first-order valence-corrected chi connectivity index (χ1v) is 30.4. The lowest BCUT2D eigenvalue weighted by molar-refractivity contribution is -0.167. The van der Waals surface area contributed by atoms with Gasteiger partial charge in [-0.2, -0.15) is 0 Å². The van der Waals surface area contributed by atoms with Crippen molar-refractivity contribution in [3.63, 3.8) is 0 Å². The Hall–Kier alpha value is -3.15. The van der Waals surface area contributed by atoms with Crippen LogP contribution in [0.2, 0.25) is 0 Å². The fraction of sp³-hybridized carbons (Fsp3) is 0.769. The van der Waals surface area contributed by atoms with Crippen LogP contribution >= 0.6 is 0 Å². The van der Waals surface area contributed by atoms with Gasteiger partial charge in [-0.15, -0.1) is 0 Å². The van der Waals surface area contributed by atoms with Gasteiger partial charge < -0.3 is 14.2 Å². The third-order valence-corrected chi connectivity index (χ3v) is 13.2. The first-order chi connectivity index (χ1) is 35.0. The van der Waals surface area contributed by atoms with E-state index in [2.05, 4.69) is 93.7 Å². The predicted molar refractivity (Wildman–Crippen MR) is 307 cm³/mol.